The molecule has 0 aliphatic rings. The van der Waals surface area contributed by atoms with Crippen molar-refractivity contribution in [1.82, 2.24) is 0 Å². The number of phosphoric acid groups is 1. The Morgan fingerprint density at radius 3 is 1.23 bits per heavy atom. The molecule has 1 unspecified atom stereocenters. The molecule has 10 heteroatoms. The highest BCUT2D eigenvalue weighted by Gasteiger charge is 2.27. The lowest BCUT2D eigenvalue weighted by atomic mass is 10.0. The normalized spacial score (nSPS) is 13.5. The van der Waals surface area contributed by atoms with Crippen LogP contribution in [-0.4, -0.2) is 74.9 Å². The lowest BCUT2D eigenvalue weighted by Gasteiger charge is -2.24. The van der Waals surface area contributed by atoms with Gasteiger partial charge in [0.15, 0.2) is 6.10 Å². The minimum atomic E-state index is -4.37. The second-order valence-electron chi connectivity index (χ2n) is 18.9. The highest BCUT2D eigenvalue weighted by molar-refractivity contribution is 7.47. The smallest absolute Gasteiger partial charge is 0.462 e. The van der Waals surface area contributed by atoms with Gasteiger partial charge in [-0.05, 0) is 38.5 Å². The van der Waals surface area contributed by atoms with Crippen LogP contribution in [0.15, 0.2) is 12.2 Å². The summed E-state index contributed by atoms with van der Waals surface area (Å²) in [5, 5.41) is 0. The van der Waals surface area contributed by atoms with Gasteiger partial charge in [0.2, 0.25) is 0 Å². The summed E-state index contributed by atoms with van der Waals surface area (Å²) in [7, 11) is 1.49. The molecule has 0 aromatic carbocycles. The molecule has 0 spiro atoms. The Bertz CT molecular complexity index is 1050. The van der Waals surface area contributed by atoms with Gasteiger partial charge in [-0.15, -0.1) is 0 Å². The quantitative estimate of drug-likeness (QED) is 0.0212. The van der Waals surface area contributed by atoms with Gasteiger partial charge in [0.05, 0.1) is 27.7 Å². The standard InChI is InChI=1S/C51H100NO8P/c1-6-8-10-12-14-16-18-20-22-23-24-25-26-27-28-30-31-33-35-37-39-41-43-50(53)57-47-49(48-59-61(55,56)58-46-45-52(3,4)5)60-51(54)44-42-40-38-36-34-32-29-21-19-17-15-13-11-9-7-2/h17,19,49H,6-16,18,20-48H2,1-5H3/p+1/b19-17+/t49-/m1/s1. The third-order valence-electron chi connectivity index (χ3n) is 11.5. The Kier molecular flexibility index (Phi) is 43.1. The maximum Gasteiger partial charge on any atom is 0.472 e. The van der Waals surface area contributed by atoms with Crippen molar-refractivity contribution in [2.45, 2.75) is 258 Å². The van der Waals surface area contributed by atoms with Crippen molar-refractivity contribution in [3.05, 3.63) is 12.2 Å². The first-order valence-electron chi connectivity index (χ1n) is 25.9. The molecule has 0 radical (unpaired) electrons. The zero-order valence-corrected chi connectivity index (χ0v) is 41.8. The molecule has 0 aromatic rings. The van der Waals surface area contributed by atoms with Crippen molar-refractivity contribution in [2.75, 3.05) is 47.5 Å². The third-order valence-corrected chi connectivity index (χ3v) is 12.5. The number of ether oxygens (including phenoxy) is 2. The molecule has 0 amide bonds. The molecule has 1 N–H and O–H groups in total. The molecule has 9 nitrogen and oxygen atoms in total. The molecular weight excluding hydrogens is 786 g/mol. The number of unbranched alkanes of at least 4 members (excludes halogenated alkanes) is 32. The second-order valence-corrected chi connectivity index (χ2v) is 20.4. The van der Waals surface area contributed by atoms with Crippen LogP contribution in [0, 0.1) is 0 Å². The van der Waals surface area contributed by atoms with Crippen LogP contribution in [0.4, 0.5) is 0 Å². The molecule has 2 atom stereocenters. The largest absolute Gasteiger partial charge is 0.472 e. The van der Waals surface area contributed by atoms with Crippen molar-refractivity contribution < 1.29 is 42.1 Å². The fourth-order valence-corrected chi connectivity index (χ4v) is 8.22. The predicted octanol–water partition coefficient (Wildman–Crippen LogP) is 15.3. The predicted molar refractivity (Wildman–Crippen MR) is 257 cm³/mol. The van der Waals surface area contributed by atoms with Crippen LogP contribution in [-0.2, 0) is 32.7 Å². The summed E-state index contributed by atoms with van der Waals surface area (Å²) in [6, 6.07) is 0. The number of hydrogen-bond acceptors (Lipinski definition) is 7. The number of hydrogen-bond donors (Lipinski definition) is 1. The van der Waals surface area contributed by atoms with Crippen LogP contribution >= 0.6 is 7.82 Å². The van der Waals surface area contributed by atoms with Gasteiger partial charge in [-0.25, -0.2) is 4.57 Å². The maximum atomic E-state index is 12.7. The number of allylic oxidation sites excluding steroid dienone is 2. The summed E-state index contributed by atoms with van der Waals surface area (Å²) < 4.78 is 34.4. The summed E-state index contributed by atoms with van der Waals surface area (Å²) in [5.74, 6) is -0.788. The molecule has 0 heterocycles. The Labute approximate surface area is 377 Å². The van der Waals surface area contributed by atoms with Crippen LogP contribution in [0.5, 0.6) is 0 Å². The zero-order chi connectivity index (χ0) is 45.0. The summed E-state index contributed by atoms with van der Waals surface area (Å²) >= 11 is 0. The number of phosphoric ester groups is 1. The number of quaternary nitrogens is 1. The summed E-state index contributed by atoms with van der Waals surface area (Å²) in [6.45, 7) is 4.45. The lowest BCUT2D eigenvalue weighted by molar-refractivity contribution is -0.870. The van der Waals surface area contributed by atoms with Crippen molar-refractivity contribution in [2.24, 2.45) is 0 Å². The maximum absolute atomic E-state index is 12.7. The van der Waals surface area contributed by atoms with Gasteiger partial charge in [-0.1, -0.05) is 212 Å². The fraction of sp³-hybridized carbons (Fsp3) is 0.922. The molecule has 0 fully saturated rings. The average molecular weight is 887 g/mol. The van der Waals surface area contributed by atoms with E-state index in [2.05, 4.69) is 26.0 Å². The molecule has 0 rings (SSSR count). The zero-order valence-electron chi connectivity index (χ0n) is 40.9. The average Bonchev–Trinajstić information content (AvgIpc) is 3.21. The van der Waals surface area contributed by atoms with Gasteiger partial charge in [0.1, 0.15) is 19.8 Å². The van der Waals surface area contributed by atoms with E-state index in [1.807, 2.05) is 21.1 Å². The van der Waals surface area contributed by atoms with Gasteiger partial charge >= 0.3 is 19.8 Å². The molecule has 0 aliphatic heterocycles. The van der Waals surface area contributed by atoms with E-state index in [1.165, 1.54) is 173 Å². The summed E-state index contributed by atoms with van der Waals surface area (Å²) in [5.41, 5.74) is 0. The van der Waals surface area contributed by atoms with E-state index in [0.717, 1.165) is 44.9 Å². The van der Waals surface area contributed by atoms with E-state index in [0.29, 0.717) is 23.9 Å². The summed E-state index contributed by atoms with van der Waals surface area (Å²) in [6.07, 6.45) is 48.4. The molecular formula is C51H101NO8P+. The van der Waals surface area contributed by atoms with E-state index in [1.54, 1.807) is 0 Å². The van der Waals surface area contributed by atoms with Gasteiger partial charge < -0.3 is 18.9 Å². The van der Waals surface area contributed by atoms with E-state index in [-0.39, 0.29) is 25.6 Å². The van der Waals surface area contributed by atoms with E-state index < -0.39 is 26.5 Å². The van der Waals surface area contributed by atoms with Gasteiger partial charge in [-0.2, -0.15) is 0 Å². The first kappa shape index (κ1) is 59.8. The Hall–Kier alpha value is -1.25. The van der Waals surface area contributed by atoms with E-state index in [4.69, 9.17) is 18.5 Å². The molecule has 0 saturated carbocycles. The molecule has 0 saturated heterocycles. The summed E-state index contributed by atoms with van der Waals surface area (Å²) in [4.78, 5) is 35.5. The molecule has 362 valence electrons. The van der Waals surface area contributed by atoms with E-state index in [9.17, 15) is 19.0 Å². The van der Waals surface area contributed by atoms with Crippen LogP contribution in [0.2, 0.25) is 0 Å². The molecule has 61 heavy (non-hydrogen) atoms. The fourth-order valence-electron chi connectivity index (χ4n) is 7.48. The van der Waals surface area contributed by atoms with Crippen LogP contribution in [0.1, 0.15) is 251 Å². The molecule has 0 bridgehead atoms. The Balaban J connectivity index is 4.17. The van der Waals surface area contributed by atoms with Gasteiger partial charge in [0, 0.05) is 12.8 Å². The first-order valence-corrected chi connectivity index (χ1v) is 27.4. The number of carbonyl (C=O) groups is 2. The van der Waals surface area contributed by atoms with Gasteiger partial charge in [-0.3, -0.25) is 18.6 Å². The SMILES string of the molecule is CCCCCC/C=C/CCCCCCCCCC(=O)O[C@H](COC(=O)CCCCCCCCCCCCCCCCCCCCCCCC)COP(=O)(O)OCC[N+](C)(C)C. The van der Waals surface area contributed by atoms with Crippen LogP contribution in [0.25, 0.3) is 0 Å². The number of likely N-dealkylation sites (N-methyl/N-ethyl adjacent to an activating group) is 1. The van der Waals surface area contributed by atoms with Gasteiger partial charge in [0.25, 0.3) is 0 Å². The van der Waals surface area contributed by atoms with Crippen molar-refractivity contribution >= 4 is 19.8 Å². The number of rotatable bonds is 48. The molecule has 0 aromatic heterocycles. The Morgan fingerprint density at radius 2 is 0.836 bits per heavy atom. The van der Waals surface area contributed by atoms with Crippen molar-refractivity contribution in [1.29, 1.82) is 0 Å². The monoisotopic (exact) mass is 887 g/mol. The minimum absolute atomic E-state index is 0.0342. The lowest BCUT2D eigenvalue weighted by Crippen LogP contribution is -2.37. The highest BCUT2D eigenvalue weighted by Crippen LogP contribution is 2.43. The van der Waals surface area contributed by atoms with E-state index >= 15 is 0 Å². The molecule has 0 aliphatic carbocycles. The topological polar surface area (TPSA) is 108 Å². The first-order chi connectivity index (χ1) is 29.5. The number of nitrogens with zero attached hydrogens (tertiary/aromatic N) is 1. The third kappa shape index (κ3) is 48.1. The minimum Gasteiger partial charge on any atom is -0.462 e. The van der Waals surface area contributed by atoms with Crippen LogP contribution < -0.4 is 0 Å². The second kappa shape index (κ2) is 44.0. The number of carbonyl (C=O) groups excluding carboxylic acids is 2. The number of esters is 2. The Morgan fingerprint density at radius 1 is 0.492 bits per heavy atom. The van der Waals surface area contributed by atoms with Crippen molar-refractivity contribution in [3.63, 3.8) is 0 Å². The van der Waals surface area contributed by atoms with Crippen LogP contribution in [0.3, 0.4) is 0 Å². The highest BCUT2D eigenvalue weighted by atomic mass is 31.2. The van der Waals surface area contributed by atoms with Crippen molar-refractivity contribution in [3.8, 4) is 0 Å².